The quantitative estimate of drug-likeness (QED) is 0.820. The van der Waals surface area contributed by atoms with E-state index in [1.165, 1.54) is 13.0 Å². The van der Waals surface area contributed by atoms with E-state index >= 15 is 0 Å². The van der Waals surface area contributed by atoms with E-state index in [1.807, 2.05) is 27.7 Å². The minimum Gasteiger partial charge on any atom is -0.400 e. The normalized spacial score (nSPS) is 19.2. The summed E-state index contributed by atoms with van der Waals surface area (Å²) in [6.45, 7) is 11.1. The van der Waals surface area contributed by atoms with Gasteiger partial charge in [0.2, 0.25) is 5.91 Å². The van der Waals surface area contributed by atoms with Gasteiger partial charge < -0.3 is 14.6 Å². The maximum atomic E-state index is 13.9. The number of amides is 1. The highest BCUT2D eigenvalue weighted by atomic mass is 35.5. The van der Waals surface area contributed by atoms with Gasteiger partial charge >= 0.3 is 7.12 Å². The Morgan fingerprint density at radius 1 is 1.28 bits per heavy atom. The lowest BCUT2D eigenvalue weighted by molar-refractivity contribution is -0.118. The molecule has 0 aromatic heterocycles. The summed E-state index contributed by atoms with van der Waals surface area (Å²) in [5.41, 5.74) is 0.616. The Hall–Kier alpha value is -1.37. The number of nitrogens with one attached hydrogen (secondary N) is 1. The number of carbonyl (C=O) groups is 1. The van der Waals surface area contributed by atoms with Crippen molar-refractivity contribution in [2.24, 2.45) is 0 Å². The average Bonchev–Trinajstić information content (AvgIpc) is 2.68. The van der Waals surface area contributed by atoms with E-state index in [9.17, 15) is 9.18 Å². The molecule has 0 radical (unpaired) electrons. The number of aryl methyl sites for hydroxylation is 1. The van der Waals surface area contributed by atoms with E-state index in [2.05, 4.69) is 5.32 Å². The number of benzene rings is 1. The third-order valence-electron chi connectivity index (χ3n) is 4.72. The second-order valence-corrected chi connectivity index (χ2v) is 7.75. The smallest absolute Gasteiger partial charge is 0.400 e. The second-order valence-electron chi connectivity index (χ2n) is 7.34. The maximum absolute atomic E-state index is 13.9. The van der Waals surface area contributed by atoms with Crippen LogP contribution in [0.5, 0.6) is 0 Å². The number of rotatable bonds is 4. The predicted octanol–water partition coefficient (Wildman–Crippen LogP) is 3.94. The van der Waals surface area contributed by atoms with Gasteiger partial charge in [-0.05, 0) is 63.4 Å². The molecule has 1 aliphatic rings. The fraction of sp³-hybridized carbons (Fsp3) is 0.500. The van der Waals surface area contributed by atoms with E-state index in [1.54, 1.807) is 19.1 Å². The first-order valence-corrected chi connectivity index (χ1v) is 8.57. The molecule has 1 fully saturated rings. The Balaban J connectivity index is 2.40. The van der Waals surface area contributed by atoms with Gasteiger partial charge in [-0.2, -0.15) is 0 Å². The van der Waals surface area contributed by atoms with Crippen LogP contribution in [0.4, 0.5) is 4.39 Å². The van der Waals surface area contributed by atoms with Crippen LogP contribution in [0.2, 0.25) is 5.02 Å². The Morgan fingerprint density at radius 3 is 2.36 bits per heavy atom. The van der Waals surface area contributed by atoms with Gasteiger partial charge in [-0.3, -0.25) is 4.79 Å². The van der Waals surface area contributed by atoms with Gasteiger partial charge in [-0.15, -0.1) is 0 Å². The summed E-state index contributed by atoms with van der Waals surface area (Å²) >= 11 is 6.25. The van der Waals surface area contributed by atoms with Gasteiger partial charge in [0.1, 0.15) is 5.82 Å². The van der Waals surface area contributed by atoms with Gasteiger partial charge in [0.15, 0.2) is 0 Å². The number of carbonyl (C=O) groups excluding carboxylic acids is 1. The third kappa shape index (κ3) is 4.43. The van der Waals surface area contributed by atoms with Gasteiger partial charge in [-0.25, -0.2) is 4.39 Å². The van der Waals surface area contributed by atoms with Crippen molar-refractivity contribution < 1.29 is 18.5 Å². The summed E-state index contributed by atoms with van der Waals surface area (Å²) in [6, 6.07) is 2.94. The van der Waals surface area contributed by atoms with E-state index in [-0.39, 0.29) is 18.3 Å². The summed E-state index contributed by atoms with van der Waals surface area (Å²) in [5.74, 6) is -0.521. The van der Waals surface area contributed by atoms with Crippen LogP contribution in [0.1, 0.15) is 45.7 Å². The summed E-state index contributed by atoms with van der Waals surface area (Å²) in [6.07, 6.45) is 1.71. The monoisotopic (exact) mass is 367 g/mol. The fourth-order valence-corrected chi connectivity index (χ4v) is 2.67. The van der Waals surface area contributed by atoms with E-state index in [4.69, 9.17) is 20.9 Å². The minimum absolute atomic E-state index is 0.177. The molecule has 25 heavy (non-hydrogen) atoms. The molecule has 1 N–H and O–H groups in total. The molecular formula is C18H24BClFNO3. The third-order valence-corrected chi connectivity index (χ3v) is 5.04. The van der Waals surface area contributed by atoms with Crippen molar-refractivity contribution in [2.75, 3.05) is 6.54 Å². The Kier molecular flexibility index (Phi) is 5.67. The highest BCUT2D eigenvalue weighted by Crippen LogP contribution is 2.39. The molecule has 136 valence electrons. The lowest BCUT2D eigenvalue weighted by Gasteiger charge is -2.32. The maximum Gasteiger partial charge on any atom is 0.492 e. The molecule has 1 amide bonds. The van der Waals surface area contributed by atoms with Crippen molar-refractivity contribution >= 4 is 30.7 Å². The van der Waals surface area contributed by atoms with Crippen molar-refractivity contribution in [1.82, 2.24) is 5.32 Å². The molecule has 0 atom stereocenters. The molecule has 7 heteroatoms. The van der Waals surface area contributed by atoms with E-state index < -0.39 is 18.3 Å². The van der Waals surface area contributed by atoms with E-state index in [0.717, 1.165) is 0 Å². The number of hydrogen-bond acceptors (Lipinski definition) is 3. The zero-order chi connectivity index (χ0) is 19.0. The first kappa shape index (κ1) is 20.0. The Morgan fingerprint density at radius 2 is 1.84 bits per heavy atom. The molecular weight excluding hydrogens is 343 g/mol. The summed E-state index contributed by atoms with van der Waals surface area (Å²) in [7, 11) is -0.655. The van der Waals surface area contributed by atoms with Crippen LogP contribution in [-0.4, -0.2) is 30.8 Å². The first-order valence-electron chi connectivity index (χ1n) is 8.19. The molecule has 1 aliphatic heterocycles. The van der Waals surface area contributed by atoms with Gasteiger partial charge in [0.05, 0.1) is 11.2 Å². The van der Waals surface area contributed by atoms with Crippen molar-refractivity contribution in [2.45, 2.75) is 52.7 Å². The van der Waals surface area contributed by atoms with Crippen LogP contribution in [0.25, 0.3) is 6.08 Å². The largest absolute Gasteiger partial charge is 0.492 e. The first-order chi connectivity index (χ1) is 11.4. The molecule has 0 bridgehead atoms. The summed E-state index contributed by atoms with van der Waals surface area (Å²) in [4.78, 5) is 11.3. The van der Waals surface area contributed by atoms with Crippen LogP contribution in [0.3, 0.4) is 0 Å². The Labute approximate surface area is 153 Å². The molecule has 4 nitrogen and oxygen atoms in total. The zero-order valence-corrected chi connectivity index (χ0v) is 16.3. The number of halogens is 2. The summed E-state index contributed by atoms with van der Waals surface area (Å²) < 4.78 is 26.0. The van der Waals surface area contributed by atoms with Crippen molar-refractivity contribution in [3.8, 4) is 0 Å². The van der Waals surface area contributed by atoms with Gasteiger partial charge in [0.25, 0.3) is 0 Å². The molecule has 1 heterocycles. The lowest BCUT2D eigenvalue weighted by Crippen LogP contribution is -2.41. The zero-order valence-electron chi connectivity index (χ0n) is 15.5. The standard InChI is InChI=1S/C18H24BClFNO3/c1-11-7-15(20)13(9-16(11)21)8-14(10-22-12(2)23)19-24-17(3,4)18(5,6)25-19/h7-9H,10H2,1-6H3,(H,22,23). The topological polar surface area (TPSA) is 47.6 Å². The number of hydrogen-bond donors (Lipinski definition) is 1. The van der Waals surface area contributed by atoms with E-state index in [0.29, 0.717) is 21.6 Å². The van der Waals surface area contributed by atoms with Crippen molar-refractivity contribution in [1.29, 1.82) is 0 Å². The minimum atomic E-state index is -0.655. The molecule has 0 spiro atoms. The van der Waals surface area contributed by atoms with Crippen molar-refractivity contribution in [3.63, 3.8) is 0 Å². The molecule has 0 unspecified atom stereocenters. The highest BCUT2D eigenvalue weighted by molar-refractivity contribution is 6.56. The van der Waals surface area contributed by atoms with Crippen LogP contribution >= 0.6 is 11.6 Å². The van der Waals surface area contributed by atoms with Gasteiger partial charge in [-0.1, -0.05) is 17.7 Å². The second kappa shape index (κ2) is 7.10. The lowest BCUT2D eigenvalue weighted by atomic mass is 9.77. The van der Waals surface area contributed by atoms with Crippen LogP contribution in [-0.2, 0) is 14.1 Å². The SMILES string of the molecule is CC(=O)NCC(=Cc1cc(F)c(C)cc1Cl)B1OC(C)(C)C(C)(C)O1. The molecule has 0 saturated carbocycles. The Bertz CT molecular complexity index is 703. The summed E-state index contributed by atoms with van der Waals surface area (Å²) in [5, 5.41) is 3.17. The fourth-order valence-electron chi connectivity index (χ4n) is 2.40. The molecule has 1 saturated heterocycles. The van der Waals surface area contributed by atoms with Crippen LogP contribution in [0, 0.1) is 12.7 Å². The van der Waals surface area contributed by atoms with Crippen LogP contribution < -0.4 is 5.32 Å². The average molecular weight is 368 g/mol. The molecule has 1 aromatic carbocycles. The molecule has 1 aromatic rings. The van der Waals surface area contributed by atoms with Crippen molar-refractivity contribution in [3.05, 3.63) is 39.6 Å². The highest BCUT2D eigenvalue weighted by Gasteiger charge is 2.52. The molecule has 2 rings (SSSR count). The van der Waals surface area contributed by atoms with Crippen LogP contribution in [0.15, 0.2) is 17.6 Å². The van der Waals surface area contributed by atoms with Gasteiger partial charge in [0, 0.05) is 18.5 Å². The molecule has 0 aliphatic carbocycles. The predicted molar refractivity (Wildman–Crippen MR) is 98.9 cm³/mol.